The first-order valence-corrected chi connectivity index (χ1v) is 7.87. The minimum atomic E-state index is 0.416. The molecule has 1 aromatic carbocycles. The summed E-state index contributed by atoms with van der Waals surface area (Å²) in [5.41, 5.74) is 9.86. The summed E-state index contributed by atoms with van der Waals surface area (Å²) >= 11 is 6.81. The van der Waals surface area contributed by atoms with E-state index in [-0.39, 0.29) is 0 Å². The van der Waals surface area contributed by atoms with Gasteiger partial charge in [-0.3, -0.25) is 4.98 Å². The number of thioether (sulfide) groups is 1. The van der Waals surface area contributed by atoms with Crippen LogP contribution in [0.2, 0.25) is 0 Å². The van der Waals surface area contributed by atoms with E-state index in [4.69, 9.17) is 18.0 Å². The molecule has 5 heteroatoms. The van der Waals surface area contributed by atoms with Crippen LogP contribution in [0.5, 0.6) is 0 Å². The molecule has 1 heterocycles. The number of hydrogen-bond acceptors (Lipinski definition) is 4. The summed E-state index contributed by atoms with van der Waals surface area (Å²) in [6.07, 6.45) is 3.89. The summed E-state index contributed by atoms with van der Waals surface area (Å²) in [5, 5.41) is 3.38. The maximum absolute atomic E-state index is 5.85. The molecule has 2 aromatic rings. The van der Waals surface area contributed by atoms with Gasteiger partial charge in [-0.25, -0.2) is 0 Å². The fourth-order valence-corrected chi connectivity index (χ4v) is 2.83. The number of benzene rings is 1. The van der Waals surface area contributed by atoms with Gasteiger partial charge in [-0.2, -0.15) is 0 Å². The third-order valence-electron chi connectivity index (χ3n) is 2.95. The Labute approximate surface area is 129 Å². The van der Waals surface area contributed by atoms with E-state index >= 15 is 0 Å². The highest BCUT2D eigenvalue weighted by atomic mass is 32.2. The molecule has 0 aliphatic carbocycles. The Morgan fingerprint density at radius 1 is 1.35 bits per heavy atom. The summed E-state index contributed by atoms with van der Waals surface area (Å²) < 4.78 is 0. The number of hydrogen-bond donors (Lipinski definition) is 2. The summed E-state index contributed by atoms with van der Waals surface area (Å²) in [6.45, 7) is 2.67. The summed E-state index contributed by atoms with van der Waals surface area (Å²) in [4.78, 5) is 5.79. The van der Waals surface area contributed by atoms with Crippen molar-refractivity contribution in [2.75, 3.05) is 11.6 Å². The Kier molecular flexibility index (Phi) is 4.98. The smallest absolute Gasteiger partial charge is 0.107 e. The predicted octanol–water partition coefficient (Wildman–Crippen LogP) is 3.36. The standard InChI is InChI=1S/C15H17N3S2/c1-10-6-7-11(8-17-10)9-18-12-4-3-5-13(20-2)14(12)15(16)19/h3-8,18H,9H2,1-2H3,(H2,16,19). The average Bonchev–Trinajstić information content (AvgIpc) is 2.46. The SMILES string of the molecule is CSc1cccc(NCc2ccc(C)nc2)c1C(N)=S. The van der Waals surface area contributed by atoms with Crippen LogP contribution < -0.4 is 11.1 Å². The molecule has 0 saturated carbocycles. The molecule has 0 bridgehead atoms. The summed E-state index contributed by atoms with van der Waals surface area (Å²) in [5.74, 6) is 0. The van der Waals surface area contributed by atoms with Crippen LogP contribution in [0.25, 0.3) is 0 Å². The lowest BCUT2D eigenvalue weighted by molar-refractivity contribution is 1.08. The molecule has 0 atom stereocenters. The van der Waals surface area contributed by atoms with Gasteiger partial charge in [0.1, 0.15) is 4.99 Å². The second kappa shape index (κ2) is 6.72. The largest absolute Gasteiger partial charge is 0.389 e. The molecular formula is C15H17N3S2. The number of anilines is 1. The Hall–Kier alpha value is -1.59. The van der Waals surface area contributed by atoms with Crippen LogP contribution in [0.1, 0.15) is 16.8 Å². The molecule has 0 aliphatic heterocycles. The van der Waals surface area contributed by atoms with Gasteiger partial charge in [0.2, 0.25) is 0 Å². The van der Waals surface area contributed by atoms with E-state index < -0.39 is 0 Å². The van der Waals surface area contributed by atoms with Gasteiger partial charge in [0, 0.05) is 34.6 Å². The Balaban J connectivity index is 2.21. The number of thiocarbonyl (C=S) groups is 1. The maximum Gasteiger partial charge on any atom is 0.107 e. The van der Waals surface area contributed by atoms with Crippen molar-refractivity contribution in [3.05, 3.63) is 53.3 Å². The molecule has 104 valence electrons. The number of aryl methyl sites for hydroxylation is 1. The Morgan fingerprint density at radius 2 is 2.15 bits per heavy atom. The third-order valence-corrected chi connectivity index (χ3v) is 3.93. The van der Waals surface area contributed by atoms with Crippen LogP contribution >= 0.6 is 24.0 Å². The van der Waals surface area contributed by atoms with Gasteiger partial charge in [0.25, 0.3) is 0 Å². The number of pyridine rings is 1. The van der Waals surface area contributed by atoms with E-state index in [0.29, 0.717) is 11.5 Å². The van der Waals surface area contributed by atoms with Crippen LogP contribution in [-0.4, -0.2) is 16.2 Å². The Morgan fingerprint density at radius 3 is 2.75 bits per heavy atom. The fraction of sp³-hybridized carbons (Fsp3) is 0.200. The quantitative estimate of drug-likeness (QED) is 0.655. The lowest BCUT2D eigenvalue weighted by Crippen LogP contribution is -2.14. The van der Waals surface area contributed by atoms with Crippen molar-refractivity contribution in [1.29, 1.82) is 0 Å². The second-order valence-electron chi connectivity index (χ2n) is 4.41. The predicted molar refractivity (Wildman–Crippen MR) is 90.4 cm³/mol. The number of nitrogens with two attached hydrogens (primary N) is 1. The first kappa shape index (κ1) is 14.8. The molecule has 0 spiro atoms. The monoisotopic (exact) mass is 303 g/mol. The van der Waals surface area contributed by atoms with Gasteiger partial charge >= 0.3 is 0 Å². The van der Waals surface area contributed by atoms with Crippen LogP contribution in [0.15, 0.2) is 41.4 Å². The van der Waals surface area contributed by atoms with Gasteiger partial charge in [0.15, 0.2) is 0 Å². The average molecular weight is 303 g/mol. The number of aromatic nitrogens is 1. The lowest BCUT2D eigenvalue weighted by atomic mass is 10.1. The number of rotatable bonds is 5. The van der Waals surface area contributed by atoms with E-state index in [0.717, 1.165) is 27.4 Å². The normalized spacial score (nSPS) is 10.3. The molecule has 20 heavy (non-hydrogen) atoms. The third kappa shape index (κ3) is 3.49. The van der Waals surface area contributed by atoms with E-state index in [1.807, 2.05) is 43.6 Å². The highest BCUT2D eigenvalue weighted by Crippen LogP contribution is 2.27. The van der Waals surface area contributed by atoms with E-state index in [9.17, 15) is 0 Å². The van der Waals surface area contributed by atoms with Crippen molar-refractivity contribution in [2.24, 2.45) is 5.73 Å². The summed E-state index contributed by atoms with van der Waals surface area (Å²) in [7, 11) is 0. The molecule has 3 N–H and O–H groups in total. The van der Waals surface area contributed by atoms with Crippen LogP contribution in [-0.2, 0) is 6.54 Å². The molecule has 0 radical (unpaired) electrons. The minimum Gasteiger partial charge on any atom is -0.389 e. The van der Waals surface area contributed by atoms with Crippen LogP contribution in [0, 0.1) is 6.92 Å². The van der Waals surface area contributed by atoms with Crippen LogP contribution in [0.3, 0.4) is 0 Å². The molecule has 0 saturated heterocycles. The van der Waals surface area contributed by atoms with Crippen molar-refractivity contribution in [2.45, 2.75) is 18.4 Å². The molecular weight excluding hydrogens is 286 g/mol. The molecule has 0 fully saturated rings. The van der Waals surface area contributed by atoms with Crippen molar-refractivity contribution in [3.8, 4) is 0 Å². The Bertz CT molecular complexity index is 609. The molecule has 2 rings (SSSR count). The van der Waals surface area contributed by atoms with Crippen molar-refractivity contribution >= 4 is 34.7 Å². The molecule has 3 nitrogen and oxygen atoms in total. The highest BCUT2D eigenvalue weighted by molar-refractivity contribution is 7.98. The maximum atomic E-state index is 5.85. The van der Waals surface area contributed by atoms with Gasteiger partial charge < -0.3 is 11.1 Å². The first-order valence-electron chi connectivity index (χ1n) is 6.24. The molecule has 0 aliphatic rings. The van der Waals surface area contributed by atoms with Gasteiger partial charge in [-0.05, 0) is 36.9 Å². The topological polar surface area (TPSA) is 50.9 Å². The zero-order valence-corrected chi connectivity index (χ0v) is 13.1. The zero-order chi connectivity index (χ0) is 14.5. The van der Waals surface area contributed by atoms with Gasteiger partial charge in [-0.1, -0.05) is 24.4 Å². The first-order chi connectivity index (χ1) is 9.61. The number of nitrogens with zero attached hydrogens (tertiary/aromatic N) is 1. The van der Waals surface area contributed by atoms with E-state index in [1.54, 1.807) is 11.8 Å². The highest BCUT2D eigenvalue weighted by Gasteiger charge is 2.10. The molecule has 1 aromatic heterocycles. The lowest BCUT2D eigenvalue weighted by Gasteiger charge is -2.14. The van der Waals surface area contributed by atoms with E-state index in [2.05, 4.69) is 16.4 Å². The minimum absolute atomic E-state index is 0.416. The second-order valence-corrected chi connectivity index (χ2v) is 5.70. The number of nitrogens with one attached hydrogen (secondary N) is 1. The van der Waals surface area contributed by atoms with Crippen LogP contribution in [0.4, 0.5) is 5.69 Å². The van der Waals surface area contributed by atoms with Gasteiger partial charge in [-0.15, -0.1) is 11.8 Å². The van der Waals surface area contributed by atoms with Crippen molar-refractivity contribution in [3.63, 3.8) is 0 Å². The van der Waals surface area contributed by atoms with E-state index in [1.165, 1.54) is 0 Å². The zero-order valence-electron chi connectivity index (χ0n) is 11.5. The van der Waals surface area contributed by atoms with Gasteiger partial charge in [0.05, 0.1) is 0 Å². The van der Waals surface area contributed by atoms with Crippen molar-refractivity contribution < 1.29 is 0 Å². The van der Waals surface area contributed by atoms with Crippen molar-refractivity contribution in [1.82, 2.24) is 4.98 Å². The fourth-order valence-electron chi connectivity index (χ4n) is 1.90. The molecule has 0 unspecified atom stereocenters. The summed E-state index contributed by atoms with van der Waals surface area (Å²) in [6, 6.07) is 10.1. The molecule has 0 amide bonds.